The maximum absolute atomic E-state index is 11.2. The highest BCUT2D eigenvalue weighted by Gasteiger charge is 2.13. The predicted octanol–water partition coefficient (Wildman–Crippen LogP) is 2.41. The van der Waals surface area contributed by atoms with Crippen LogP contribution in [0.4, 0.5) is 0 Å². The number of halogens is 1. The van der Waals surface area contributed by atoms with E-state index in [-0.39, 0.29) is 4.90 Å². The molecule has 7 heteroatoms. The summed E-state index contributed by atoms with van der Waals surface area (Å²) in [6, 6.07) is 9.65. The van der Waals surface area contributed by atoms with Gasteiger partial charge in [0.1, 0.15) is 4.90 Å². The number of hydrogen-bond acceptors (Lipinski definition) is 4. The van der Waals surface area contributed by atoms with Gasteiger partial charge in [0, 0.05) is 28.5 Å². The van der Waals surface area contributed by atoms with E-state index in [2.05, 4.69) is 10.1 Å². The van der Waals surface area contributed by atoms with Crippen molar-refractivity contribution < 1.29 is 8.42 Å². The molecule has 0 bridgehead atoms. The fourth-order valence-corrected chi connectivity index (χ4v) is 2.68. The normalized spacial score (nSPS) is 11.8. The van der Waals surface area contributed by atoms with Crippen molar-refractivity contribution >= 4 is 30.6 Å². The van der Waals surface area contributed by atoms with Crippen LogP contribution in [0.25, 0.3) is 10.9 Å². The van der Waals surface area contributed by atoms with Crippen LogP contribution in [0, 0.1) is 0 Å². The second kappa shape index (κ2) is 4.88. The highest BCUT2D eigenvalue weighted by atomic mass is 35.7. The van der Waals surface area contributed by atoms with Gasteiger partial charge in [-0.05, 0) is 17.7 Å². The summed E-state index contributed by atoms with van der Waals surface area (Å²) in [5.41, 5.74) is 1.90. The third-order valence-electron chi connectivity index (χ3n) is 2.96. The number of rotatable bonds is 3. The molecule has 0 saturated heterocycles. The van der Waals surface area contributed by atoms with E-state index in [4.69, 9.17) is 10.7 Å². The first-order chi connectivity index (χ1) is 9.54. The molecular weight excluding hydrogens is 298 g/mol. The molecule has 3 rings (SSSR count). The lowest BCUT2D eigenvalue weighted by Crippen LogP contribution is -2.01. The summed E-state index contributed by atoms with van der Waals surface area (Å²) in [5, 5.41) is 5.03. The number of hydrogen-bond donors (Lipinski definition) is 0. The molecule has 0 radical (unpaired) electrons. The van der Waals surface area contributed by atoms with E-state index in [1.165, 1.54) is 17.1 Å². The summed E-state index contributed by atoms with van der Waals surface area (Å²) in [4.78, 5) is 4.28. The van der Waals surface area contributed by atoms with E-state index in [0.29, 0.717) is 6.54 Å². The zero-order valence-corrected chi connectivity index (χ0v) is 11.8. The lowest BCUT2D eigenvalue weighted by atomic mass is 10.1. The molecule has 2 heterocycles. The molecule has 0 unspecified atom stereocenters. The van der Waals surface area contributed by atoms with Crippen LogP contribution in [0.15, 0.2) is 53.8 Å². The lowest BCUT2D eigenvalue weighted by molar-refractivity contribution is 0.609. The molecule has 0 spiro atoms. The molecular formula is C13H10ClN3O2S. The molecule has 0 saturated carbocycles. The van der Waals surface area contributed by atoms with Crippen LogP contribution in [-0.2, 0) is 15.6 Å². The van der Waals surface area contributed by atoms with E-state index in [1.807, 2.05) is 30.3 Å². The minimum atomic E-state index is -3.74. The van der Waals surface area contributed by atoms with Crippen molar-refractivity contribution in [2.45, 2.75) is 11.4 Å². The van der Waals surface area contributed by atoms with Gasteiger partial charge in [0.25, 0.3) is 9.05 Å². The fraction of sp³-hybridized carbons (Fsp3) is 0.0769. The van der Waals surface area contributed by atoms with Crippen molar-refractivity contribution in [1.29, 1.82) is 0 Å². The van der Waals surface area contributed by atoms with E-state index >= 15 is 0 Å². The zero-order chi connectivity index (χ0) is 14.2. The summed E-state index contributed by atoms with van der Waals surface area (Å²) >= 11 is 0. The number of fused-ring (bicyclic) bond motifs is 1. The van der Waals surface area contributed by atoms with Gasteiger partial charge in [-0.1, -0.05) is 18.2 Å². The largest absolute Gasteiger partial charge is 0.267 e. The summed E-state index contributed by atoms with van der Waals surface area (Å²) in [5.74, 6) is 0. The molecule has 1 aromatic carbocycles. The Morgan fingerprint density at radius 1 is 1.20 bits per heavy atom. The van der Waals surface area contributed by atoms with E-state index < -0.39 is 9.05 Å². The van der Waals surface area contributed by atoms with Crippen LogP contribution in [0.2, 0.25) is 0 Å². The third kappa shape index (κ3) is 2.52. The molecule has 0 amide bonds. The monoisotopic (exact) mass is 307 g/mol. The highest BCUT2D eigenvalue weighted by molar-refractivity contribution is 8.13. The Labute approximate surface area is 120 Å². The summed E-state index contributed by atoms with van der Waals surface area (Å²) in [6.45, 7) is 0.454. The fourth-order valence-electron chi connectivity index (χ4n) is 2.02. The number of aromatic nitrogens is 3. The Bertz CT molecular complexity index is 869. The molecule has 3 aromatic rings. The Morgan fingerprint density at radius 2 is 2.00 bits per heavy atom. The number of nitrogens with zero attached hydrogens (tertiary/aromatic N) is 3. The Kier molecular flexibility index (Phi) is 3.19. The van der Waals surface area contributed by atoms with Crippen molar-refractivity contribution in [3.63, 3.8) is 0 Å². The van der Waals surface area contributed by atoms with Gasteiger partial charge in [-0.3, -0.25) is 9.67 Å². The summed E-state index contributed by atoms with van der Waals surface area (Å²) in [7, 11) is 1.54. The quantitative estimate of drug-likeness (QED) is 0.697. The standard InChI is InChI=1S/C13H10ClN3O2S/c14-20(18,19)11-7-16-17(9-11)8-10-5-6-15-13-4-2-1-3-12(10)13/h1-7,9H,8H2. The number of pyridine rings is 1. The minimum Gasteiger partial charge on any atom is -0.267 e. The first-order valence-corrected chi connectivity index (χ1v) is 8.15. The van der Waals surface area contributed by atoms with Gasteiger partial charge in [-0.25, -0.2) is 8.42 Å². The SMILES string of the molecule is O=S(=O)(Cl)c1cnn(Cc2ccnc3ccccc23)c1. The highest BCUT2D eigenvalue weighted by Crippen LogP contribution is 2.18. The van der Waals surface area contributed by atoms with E-state index in [9.17, 15) is 8.42 Å². The first-order valence-electron chi connectivity index (χ1n) is 5.84. The molecule has 102 valence electrons. The molecule has 0 N–H and O–H groups in total. The zero-order valence-electron chi connectivity index (χ0n) is 10.3. The van der Waals surface area contributed by atoms with Crippen LogP contribution in [0.1, 0.15) is 5.56 Å². The van der Waals surface area contributed by atoms with Crippen LogP contribution >= 0.6 is 10.7 Å². The van der Waals surface area contributed by atoms with E-state index in [0.717, 1.165) is 16.5 Å². The van der Waals surface area contributed by atoms with Crippen LogP contribution in [0.5, 0.6) is 0 Å². The smallest absolute Gasteiger partial charge is 0.264 e. The Balaban J connectivity index is 2.00. The topological polar surface area (TPSA) is 64.8 Å². The minimum absolute atomic E-state index is 0.00229. The summed E-state index contributed by atoms with van der Waals surface area (Å²) in [6.07, 6.45) is 4.38. The maximum Gasteiger partial charge on any atom is 0.264 e. The molecule has 2 aromatic heterocycles. The molecule has 0 aliphatic heterocycles. The number of para-hydroxylation sites is 1. The average Bonchev–Trinajstić information content (AvgIpc) is 2.88. The van der Waals surface area contributed by atoms with Gasteiger partial charge < -0.3 is 0 Å². The van der Waals surface area contributed by atoms with E-state index in [1.54, 1.807) is 6.20 Å². The Hall–Kier alpha value is -1.92. The van der Waals surface area contributed by atoms with Crippen LogP contribution in [-0.4, -0.2) is 23.2 Å². The third-order valence-corrected chi connectivity index (χ3v) is 4.27. The van der Waals surface area contributed by atoms with Gasteiger partial charge in [-0.2, -0.15) is 5.10 Å². The van der Waals surface area contributed by atoms with Crippen molar-refractivity contribution in [1.82, 2.24) is 14.8 Å². The maximum atomic E-state index is 11.2. The number of benzene rings is 1. The first kappa shape index (κ1) is 13.1. The van der Waals surface area contributed by atoms with Crippen molar-refractivity contribution in [3.05, 3.63) is 54.5 Å². The predicted molar refractivity (Wildman–Crippen MR) is 76.1 cm³/mol. The van der Waals surface area contributed by atoms with Gasteiger partial charge in [0.2, 0.25) is 0 Å². The van der Waals surface area contributed by atoms with Gasteiger partial charge in [0.15, 0.2) is 0 Å². The summed E-state index contributed by atoms with van der Waals surface area (Å²) < 4.78 is 24.0. The molecule has 20 heavy (non-hydrogen) atoms. The lowest BCUT2D eigenvalue weighted by Gasteiger charge is -2.05. The second-order valence-electron chi connectivity index (χ2n) is 4.30. The van der Waals surface area contributed by atoms with Crippen molar-refractivity contribution in [3.8, 4) is 0 Å². The molecule has 5 nitrogen and oxygen atoms in total. The molecule has 0 atom stereocenters. The Morgan fingerprint density at radius 3 is 2.75 bits per heavy atom. The van der Waals surface area contributed by atoms with Gasteiger partial charge in [0.05, 0.1) is 18.3 Å². The molecule has 0 fully saturated rings. The van der Waals surface area contributed by atoms with Gasteiger partial charge >= 0.3 is 0 Å². The molecule has 0 aliphatic rings. The second-order valence-corrected chi connectivity index (χ2v) is 6.86. The average molecular weight is 308 g/mol. The van der Waals surface area contributed by atoms with Crippen molar-refractivity contribution in [2.24, 2.45) is 0 Å². The van der Waals surface area contributed by atoms with Gasteiger partial charge in [-0.15, -0.1) is 0 Å². The van der Waals surface area contributed by atoms with Crippen LogP contribution < -0.4 is 0 Å². The molecule has 0 aliphatic carbocycles. The van der Waals surface area contributed by atoms with Crippen molar-refractivity contribution in [2.75, 3.05) is 0 Å². The van der Waals surface area contributed by atoms with Crippen LogP contribution in [0.3, 0.4) is 0 Å².